The molecule has 2 rings (SSSR count). The second-order valence-corrected chi connectivity index (χ2v) is 9.49. The molecule has 6 nitrogen and oxygen atoms in total. The summed E-state index contributed by atoms with van der Waals surface area (Å²) in [5.74, 6) is -0.748. The van der Waals surface area contributed by atoms with E-state index in [2.05, 4.69) is 10.8 Å². The van der Waals surface area contributed by atoms with Crippen LogP contribution in [0.2, 0.25) is 0 Å². The summed E-state index contributed by atoms with van der Waals surface area (Å²) in [4.78, 5) is 12.5. The van der Waals surface area contributed by atoms with Crippen molar-refractivity contribution in [3.63, 3.8) is 0 Å². The lowest BCUT2D eigenvalue weighted by Crippen LogP contribution is -2.28. The van der Waals surface area contributed by atoms with E-state index < -0.39 is 16.0 Å². The van der Waals surface area contributed by atoms with E-state index in [4.69, 9.17) is 11.6 Å². The van der Waals surface area contributed by atoms with Crippen LogP contribution in [0, 0.1) is 11.3 Å². The summed E-state index contributed by atoms with van der Waals surface area (Å²) in [6.07, 6.45) is 1.50. The maximum Gasteiger partial charge on any atom is 0.346 e. The summed E-state index contributed by atoms with van der Waals surface area (Å²) in [7, 11) is -3.32. The number of carbonyl (C=O) groups is 1. The lowest BCUT2D eigenvalue weighted by atomic mass is 9.98. The standard InChI is InChI=1S/C19H21ClN2O4S2/c1-2-16-15(12-21)17(18(27-16)19(23)24)14-6-4-13(5-7-14)8-10-22-28(25,26)11-3-9-20/h4-7,22H,2-3,8-11H2,1H3,(H,23,24). The second kappa shape index (κ2) is 10.0. The lowest BCUT2D eigenvalue weighted by Gasteiger charge is -2.07. The van der Waals surface area contributed by atoms with Crippen molar-refractivity contribution in [1.82, 2.24) is 4.72 Å². The van der Waals surface area contributed by atoms with Gasteiger partial charge < -0.3 is 5.11 Å². The van der Waals surface area contributed by atoms with E-state index in [1.807, 2.05) is 19.1 Å². The number of thiophene rings is 1. The minimum Gasteiger partial charge on any atom is -0.477 e. The summed E-state index contributed by atoms with van der Waals surface area (Å²) in [5.41, 5.74) is 2.43. The van der Waals surface area contributed by atoms with Crippen molar-refractivity contribution in [2.75, 3.05) is 18.2 Å². The number of nitrogens with zero attached hydrogens (tertiary/aromatic N) is 1. The zero-order chi connectivity index (χ0) is 20.7. The Morgan fingerprint density at radius 2 is 2.00 bits per heavy atom. The van der Waals surface area contributed by atoms with Crippen LogP contribution in [0.3, 0.4) is 0 Å². The summed E-state index contributed by atoms with van der Waals surface area (Å²) in [6, 6.07) is 9.31. The predicted octanol–water partition coefficient (Wildman–Crippen LogP) is 3.64. The number of nitriles is 1. The summed E-state index contributed by atoms with van der Waals surface area (Å²) in [5, 5.41) is 19.0. The van der Waals surface area contributed by atoms with Crippen molar-refractivity contribution in [3.05, 3.63) is 45.1 Å². The number of rotatable bonds is 10. The molecule has 28 heavy (non-hydrogen) atoms. The highest BCUT2D eigenvalue weighted by Gasteiger charge is 2.23. The van der Waals surface area contributed by atoms with E-state index in [1.165, 1.54) is 0 Å². The summed E-state index contributed by atoms with van der Waals surface area (Å²) < 4.78 is 26.1. The Hall–Kier alpha value is -1.92. The van der Waals surface area contributed by atoms with Gasteiger partial charge in [0.2, 0.25) is 10.0 Å². The number of carboxylic acid groups (broad SMARTS) is 1. The van der Waals surface area contributed by atoms with Crippen LogP contribution in [0.4, 0.5) is 0 Å². The Labute approximate surface area is 173 Å². The van der Waals surface area contributed by atoms with E-state index in [0.717, 1.165) is 21.8 Å². The van der Waals surface area contributed by atoms with Crippen LogP contribution in [-0.4, -0.2) is 37.7 Å². The molecule has 1 heterocycles. The normalized spacial score (nSPS) is 11.3. The third-order valence-corrected chi connectivity index (χ3v) is 7.19. The minimum absolute atomic E-state index is 0.00224. The van der Waals surface area contributed by atoms with Gasteiger partial charge in [-0.25, -0.2) is 17.9 Å². The van der Waals surface area contributed by atoms with Gasteiger partial charge in [-0.05, 0) is 30.4 Å². The maximum absolute atomic E-state index is 11.8. The van der Waals surface area contributed by atoms with Gasteiger partial charge in [0, 0.05) is 22.9 Å². The van der Waals surface area contributed by atoms with Crippen LogP contribution in [0.15, 0.2) is 24.3 Å². The van der Waals surface area contributed by atoms with Crippen molar-refractivity contribution in [1.29, 1.82) is 5.26 Å². The number of alkyl halides is 1. The first-order chi connectivity index (χ1) is 13.3. The molecule has 2 aromatic rings. The molecule has 0 aliphatic heterocycles. The Bertz CT molecular complexity index is 977. The Morgan fingerprint density at radius 1 is 1.32 bits per heavy atom. The van der Waals surface area contributed by atoms with Crippen molar-refractivity contribution in [2.24, 2.45) is 0 Å². The lowest BCUT2D eigenvalue weighted by molar-refractivity contribution is 0.0703. The Morgan fingerprint density at radius 3 is 2.54 bits per heavy atom. The highest BCUT2D eigenvalue weighted by molar-refractivity contribution is 7.89. The number of carboxylic acids is 1. The molecule has 1 aromatic carbocycles. The first-order valence-electron chi connectivity index (χ1n) is 8.74. The first kappa shape index (κ1) is 22.4. The summed E-state index contributed by atoms with van der Waals surface area (Å²) >= 11 is 6.65. The fraction of sp³-hybridized carbons (Fsp3) is 0.368. The first-order valence-corrected chi connectivity index (χ1v) is 11.7. The molecular weight excluding hydrogens is 420 g/mol. The minimum atomic E-state index is -3.32. The topological polar surface area (TPSA) is 107 Å². The second-order valence-electron chi connectivity index (χ2n) is 6.08. The molecule has 0 bridgehead atoms. The fourth-order valence-electron chi connectivity index (χ4n) is 2.78. The van der Waals surface area contributed by atoms with Crippen molar-refractivity contribution in [2.45, 2.75) is 26.2 Å². The maximum atomic E-state index is 11.8. The third kappa shape index (κ3) is 5.55. The number of sulfonamides is 1. The predicted molar refractivity (Wildman–Crippen MR) is 112 cm³/mol. The smallest absolute Gasteiger partial charge is 0.346 e. The summed E-state index contributed by atoms with van der Waals surface area (Å²) in [6.45, 7) is 2.16. The van der Waals surface area contributed by atoms with E-state index in [1.54, 1.807) is 12.1 Å². The zero-order valence-corrected chi connectivity index (χ0v) is 17.8. The molecule has 9 heteroatoms. The van der Waals surface area contributed by atoms with Gasteiger partial charge in [-0.15, -0.1) is 22.9 Å². The fourth-order valence-corrected chi connectivity index (χ4v) is 5.20. The van der Waals surface area contributed by atoms with Crippen LogP contribution in [-0.2, 0) is 22.9 Å². The van der Waals surface area contributed by atoms with Gasteiger partial charge >= 0.3 is 5.97 Å². The number of aryl methyl sites for hydroxylation is 1. The average Bonchev–Trinajstić information content (AvgIpc) is 3.06. The number of hydrogen-bond acceptors (Lipinski definition) is 5. The van der Waals surface area contributed by atoms with Crippen LogP contribution >= 0.6 is 22.9 Å². The van der Waals surface area contributed by atoms with Gasteiger partial charge in [0.05, 0.1) is 11.3 Å². The molecule has 0 saturated heterocycles. The molecule has 0 aliphatic rings. The molecule has 1 aromatic heterocycles. The molecule has 0 atom stereocenters. The van der Waals surface area contributed by atoms with Crippen molar-refractivity contribution >= 4 is 38.9 Å². The van der Waals surface area contributed by atoms with Crippen LogP contribution < -0.4 is 4.72 Å². The molecule has 150 valence electrons. The molecule has 0 aliphatic carbocycles. The van der Waals surface area contributed by atoms with Gasteiger partial charge in [0.1, 0.15) is 10.9 Å². The number of benzene rings is 1. The van der Waals surface area contributed by atoms with Crippen LogP contribution in [0.25, 0.3) is 11.1 Å². The van der Waals surface area contributed by atoms with Gasteiger partial charge in [-0.2, -0.15) is 5.26 Å². The Kier molecular flexibility index (Phi) is 8.01. The number of hydrogen-bond donors (Lipinski definition) is 2. The molecule has 2 N–H and O–H groups in total. The molecule has 0 fully saturated rings. The van der Waals surface area contributed by atoms with Crippen LogP contribution in [0.5, 0.6) is 0 Å². The van der Waals surface area contributed by atoms with Crippen molar-refractivity contribution in [3.8, 4) is 17.2 Å². The third-order valence-electron chi connectivity index (χ3n) is 4.13. The van der Waals surface area contributed by atoms with E-state index in [9.17, 15) is 23.6 Å². The molecule has 0 saturated carbocycles. The van der Waals surface area contributed by atoms with Gasteiger partial charge in [-0.3, -0.25) is 0 Å². The number of nitrogens with one attached hydrogen (secondary N) is 1. The van der Waals surface area contributed by atoms with Gasteiger partial charge in [0.15, 0.2) is 0 Å². The van der Waals surface area contributed by atoms with E-state index >= 15 is 0 Å². The van der Waals surface area contributed by atoms with Gasteiger partial charge in [-0.1, -0.05) is 31.2 Å². The highest BCUT2D eigenvalue weighted by Crippen LogP contribution is 2.37. The SMILES string of the molecule is CCc1sc(C(=O)O)c(-c2ccc(CCNS(=O)(=O)CCCCl)cc2)c1C#N. The van der Waals surface area contributed by atoms with E-state index in [0.29, 0.717) is 41.8 Å². The molecule has 0 spiro atoms. The Balaban J connectivity index is 2.16. The molecule has 0 radical (unpaired) electrons. The van der Waals surface area contributed by atoms with E-state index in [-0.39, 0.29) is 17.2 Å². The number of halogens is 1. The zero-order valence-electron chi connectivity index (χ0n) is 15.4. The molecular formula is C19H21ClN2O4S2. The molecule has 0 unspecified atom stereocenters. The number of aromatic carboxylic acids is 1. The highest BCUT2D eigenvalue weighted by atomic mass is 35.5. The van der Waals surface area contributed by atoms with Crippen molar-refractivity contribution < 1.29 is 18.3 Å². The van der Waals surface area contributed by atoms with Crippen LogP contribution in [0.1, 0.15) is 39.0 Å². The molecule has 0 amide bonds. The monoisotopic (exact) mass is 440 g/mol. The van der Waals surface area contributed by atoms with Gasteiger partial charge in [0.25, 0.3) is 0 Å². The average molecular weight is 441 g/mol. The quantitative estimate of drug-likeness (QED) is 0.548. The largest absolute Gasteiger partial charge is 0.477 e.